The molecule has 212 valence electrons. The van der Waals surface area contributed by atoms with Gasteiger partial charge in [-0.2, -0.15) is 13.2 Å². The zero-order valence-corrected chi connectivity index (χ0v) is 21.4. The maximum absolute atomic E-state index is 13.9. The van der Waals surface area contributed by atoms with E-state index in [1.807, 2.05) is 6.07 Å². The molecule has 1 amide bonds. The molecule has 4 aromatic rings. The van der Waals surface area contributed by atoms with Crippen LogP contribution in [0.15, 0.2) is 48.8 Å². The van der Waals surface area contributed by atoms with Crippen LogP contribution in [-0.2, 0) is 6.18 Å². The molecule has 1 saturated heterocycles. The SMILES string of the molecule is O=C(Nc1nc2ccccc2[nH]1)c1nc[nH]c1C(O)Nc1ccc(OCCCN2CCNCC2)cc1C(F)(F)F. The number of ether oxygens (including phenoxy) is 1. The third-order valence-electron chi connectivity index (χ3n) is 6.46. The van der Waals surface area contributed by atoms with Crippen LogP contribution in [0, 0.1) is 0 Å². The zero-order valence-electron chi connectivity index (χ0n) is 21.4. The summed E-state index contributed by atoms with van der Waals surface area (Å²) in [6.45, 7) is 4.77. The van der Waals surface area contributed by atoms with Gasteiger partial charge in [0, 0.05) is 38.4 Å². The number of anilines is 2. The van der Waals surface area contributed by atoms with Crippen LogP contribution in [0.3, 0.4) is 0 Å². The number of benzene rings is 2. The van der Waals surface area contributed by atoms with Gasteiger partial charge >= 0.3 is 6.18 Å². The Hall–Kier alpha value is -4.14. The fourth-order valence-electron chi connectivity index (χ4n) is 4.48. The summed E-state index contributed by atoms with van der Waals surface area (Å²) in [7, 11) is 0. The number of alkyl halides is 3. The molecule has 40 heavy (non-hydrogen) atoms. The highest BCUT2D eigenvalue weighted by Gasteiger charge is 2.35. The lowest BCUT2D eigenvalue weighted by Gasteiger charge is -2.27. The Morgan fingerprint density at radius 3 is 2.75 bits per heavy atom. The molecule has 3 heterocycles. The van der Waals surface area contributed by atoms with Crippen molar-refractivity contribution >= 4 is 28.6 Å². The van der Waals surface area contributed by atoms with Crippen molar-refractivity contribution in [2.45, 2.75) is 18.8 Å². The Morgan fingerprint density at radius 1 is 1.18 bits per heavy atom. The van der Waals surface area contributed by atoms with Crippen molar-refractivity contribution in [1.29, 1.82) is 0 Å². The summed E-state index contributed by atoms with van der Waals surface area (Å²) in [4.78, 5) is 28.9. The Balaban J connectivity index is 1.24. The number of imidazole rings is 2. The van der Waals surface area contributed by atoms with Gasteiger partial charge in [0.25, 0.3) is 5.91 Å². The monoisotopic (exact) mass is 558 g/mol. The highest BCUT2D eigenvalue weighted by molar-refractivity contribution is 6.03. The van der Waals surface area contributed by atoms with Crippen LogP contribution < -0.4 is 20.7 Å². The maximum atomic E-state index is 13.9. The third kappa shape index (κ3) is 6.52. The first kappa shape index (κ1) is 27.4. The second-order valence-corrected chi connectivity index (χ2v) is 9.27. The number of H-pyrrole nitrogens is 2. The van der Waals surface area contributed by atoms with Crippen LogP contribution >= 0.6 is 0 Å². The van der Waals surface area contributed by atoms with E-state index in [1.54, 1.807) is 18.2 Å². The average molecular weight is 559 g/mol. The van der Waals surface area contributed by atoms with E-state index in [9.17, 15) is 23.1 Å². The zero-order chi connectivity index (χ0) is 28.1. The summed E-state index contributed by atoms with van der Waals surface area (Å²) in [5.41, 5.74) is -0.388. The number of aromatic nitrogens is 4. The minimum absolute atomic E-state index is 0.0696. The molecule has 1 atom stereocenters. The highest BCUT2D eigenvalue weighted by Crippen LogP contribution is 2.38. The fourth-order valence-corrected chi connectivity index (χ4v) is 4.48. The molecule has 0 bridgehead atoms. The molecule has 1 aliphatic rings. The Labute approximate surface area is 227 Å². The van der Waals surface area contributed by atoms with Gasteiger partial charge in [0.15, 0.2) is 11.9 Å². The Morgan fingerprint density at radius 2 is 1.98 bits per heavy atom. The summed E-state index contributed by atoms with van der Waals surface area (Å²) in [6.07, 6.45) is -4.59. The van der Waals surface area contributed by atoms with Crippen LogP contribution in [0.2, 0.25) is 0 Å². The van der Waals surface area contributed by atoms with Crippen molar-refractivity contribution in [1.82, 2.24) is 30.2 Å². The lowest BCUT2D eigenvalue weighted by molar-refractivity contribution is -0.137. The molecule has 11 nitrogen and oxygen atoms in total. The number of nitrogens with one attached hydrogen (secondary N) is 5. The number of halogens is 3. The first-order valence-corrected chi connectivity index (χ1v) is 12.8. The summed E-state index contributed by atoms with van der Waals surface area (Å²) in [5.74, 6) is -0.484. The minimum Gasteiger partial charge on any atom is -0.494 e. The number of nitrogens with zero attached hydrogens (tertiary/aromatic N) is 3. The van der Waals surface area contributed by atoms with E-state index < -0.39 is 23.9 Å². The number of rotatable bonds is 10. The van der Waals surface area contributed by atoms with E-state index in [0.717, 1.165) is 45.1 Å². The molecular weight excluding hydrogens is 529 g/mol. The number of amides is 1. The van der Waals surface area contributed by atoms with E-state index in [2.05, 4.69) is 40.8 Å². The van der Waals surface area contributed by atoms with Crippen molar-refractivity contribution in [2.75, 3.05) is 50.0 Å². The number of aliphatic hydroxyl groups is 1. The number of carbonyl (C=O) groups is 1. The van der Waals surface area contributed by atoms with E-state index >= 15 is 0 Å². The molecule has 2 aromatic heterocycles. The predicted molar refractivity (Wildman–Crippen MR) is 142 cm³/mol. The van der Waals surface area contributed by atoms with E-state index in [4.69, 9.17) is 4.74 Å². The average Bonchev–Trinajstić information content (AvgIpc) is 3.59. The number of carbonyl (C=O) groups excluding carboxylic acids is 1. The minimum atomic E-state index is -4.72. The molecule has 0 radical (unpaired) electrons. The van der Waals surface area contributed by atoms with Crippen molar-refractivity contribution < 1.29 is 27.8 Å². The lowest BCUT2D eigenvalue weighted by atomic mass is 10.1. The van der Waals surface area contributed by atoms with Crippen LogP contribution in [0.1, 0.15) is 34.4 Å². The Kier molecular flexibility index (Phi) is 8.19. The summed E-state index contributed by atoms with van der Waals surface area (Å²) in [5, 5.41) is 19.0. The van der Waals surface area contributed by atoms with Gasteiger partial charge in [0.1, 0.15) is 5.75 Å². The first-order valence-electron chi connectivity index (χ1n) is 12.8. The third-order valence-corrected chi connectivity index (χ3v) is 6.46. The molecule has 2 aromatic carbocycles. The van der Waals surface area contributed by atoms with E-state index in [0.29, 0.717) is 17.5 Å². The predicted octanol–water partition coefficient (Wildman–Crippen LogP) is 3.33. The maximum Gasteiger partial charge on any atom is 0.418 e. The number of piperazine rings is 1. The molecule has 5 rings (SSSR count). The number of fused-ring (bicyclic) bond motifs is 1. The second kappa shape index (κ2) is 11.9. The van der Waals surface area contributed by atoms with Gasteiger partial charge in [-0.05, 0) is 36.8 Å². The number of aromatic amines is 2. The van der Waals surface area contributed by atoms with Gasteiger partial charge in [-0.3, -0.25) is 10.1 Å². The number of hydrogen-bond acceptors (Lipinski definition) is 8. The first-order chi connectivity index (χ1) is 19.3. The van der Waals surface area contributed by atoms with Crippen LogP contribution in [0.5, 0.6) is 5.75 Å². The summed E-state index contributed by atoms with van der Waals surface area (Å²) < 4.78 is 47.3. The molecule has 1 unspecified atom stereocenters. The van der Waals surface area contributed by atoms with Crippen molar-refractivity contribution in [3.8, 4) is 5.75 Å². The largest absolute Gasteiger partial charge is 0.494 e. The lowest BCUT2D eigenvalue weighted by Crippen LogP contribution is -2.43. The van der Waals surface area contributed by atoms with Crippen molar-refractivity contribution in [2.24, 2.45) is 0 Å². The van der Waals surface area contributed by atoms with E-state index in [1.165, 1.54) is 12.1 Å². The van der Waals surface area contributed by atoms with Gasteiger partial charge in [-0.15, -0.1) is 0 Å². The summed E-state index contributed by atoms with van der Waals surface area (Å²) >= 11 is 0. The van der Waals surface area contributed by atoms with E-state index in [-0.39, 0.29) is 35.4 Å². The quantitative estimate of drug-likeness (QED) is 0.129. The topological polar surface area (TPSA) is 143 Å². The standard InChI is InChI=1S/C26H29F3N8O3/c27-26(28,29)17-14-16(40-13-3-10-37-11-8-30-9-12-37)6-7-18(17)33-23(38)21-22(32-15-31-21)24(39)36-25-34-19-4-1-2-5-20(19)35-25/h1-2,4-7,14-15,23,30,33,38H,3,8-13H2,(H,31,32)(H2,34,35,36,39). The van der Waals surface area contributed by atoms with Crippen LogP contribution in [0.4, 0.5) is 24.8 Å². The van der Waals surface area contributed by atoms with Gasteiger partial charge in [-0.25, -0.2) is 9.97 Å². The van der Waals surface area contributed by atoms with Crippen LogP contribution in [-0.4, -0.2) is 75.2 Å². The molecular formula is C26H29F3N8O3. The van der Waals surface area contributed by atoms with Crippen molar-refractivity contribution in [3.05, 3.63) is 65.7 Å². The smallest absolute Gasteiger partial charge is 0.418 e. The molecule has 1 fully saturated rings. The molecule has 0 saturated carbocycles. The van der Waals surface area contributed by atoms with Gasteiger partial charge in [0.2, 0.25) is 5.95 Å². The van der Waals surface area contributed by atoms with Crippen LogP contribution in [0.25, 0.3) is 11.0 Å². The van der Waals surface area contributed by atoms with Gasteiger partial charge in [0.05, 0.1) is 35.2 Å². The normalized spacial score (nSPS) is 15.2. The van der Waals surface area contributed by atoms with Crippen molar-refractivity contribution in [3.63, 3.8) is 0 Å². The number of hydrogen-bond donors (Lipinski definition) is 6. The Bertz CT molecular complexity index is 1420. The highest BCUT2D eigenvalue weighted by atomic mass is 19.4. The fraction of sp³-hybridized carbons (Fsp3) is 0.346. The summed E-state index contributed by atoms with van der Waals surface area (Å²) in [6, 6.07) is 10.6. The van der Waals surface area contributed by atoms with Gasteiger partial charge in [-0.1, -0.05) is 12.1 Å². The van der Waals surface area contributed by atoms with Gasteiger partial charge < -0.3 is 35.3 Å². The molecule has 0 spiro atoms. The molecule has 0 aliphatic carbocycles. The number of para-hydroxylation sites is 2. The second-order valence-electron chi connectivity index (χ2n) is 9.27. The molecule has 14 heteroatoms. The molecule has 1 aliphatic heterocycles. The molecule has 6 N–H and O–H groups in total. The number of aliphatic hydroxyl groups excluding tert-OH is 1.